The molecule has 0 unspecified atom stereocenters. The number of nitrogens with one attached hydrogen (secondary N) is 3. The molecule has 0 aliphatic rings. The Hall–Kier alpha value is -1.23. The van der Waals surface area contributed by atoms with Gasteiger partial charge in [-0.25, -0.2) is 0 Å². The van der Waals surface area contributed by atoms with Crippen molar-refractivity contribution >= 4 is 6.29 Å². The lowest BCUT2D eigenvalue weighted by Crippen LogP contribution is -2.31. The molecule has 0 bridgehead atoms. The second-order valence-corrected chi connectivity index (χ2v) is 2.12. The monoisotopic (exact) mass is 172 g/mol. The van der Waals surface area contributed by atoms with Gasteiger partial charge in [-0.05, 0) is 0 Å². The summed E-state index contributed by atoms with van der Waals surface area (Å²) in [5.74, 6) is 0.665. The van der Waals surface area contributed by atoms with Crippen LogP contribution in [0.3, 0.4) is 0 Å². The average Bonchev–Trinajstić information content (AvgIpc) is 2.12. The van der Waals surface area contributed by atoms with E-state index in [1.165, 1.54) is 0 Å². The van der Waals surface area contributed by atoms with Gasteiger partial charge in [-0.3, -0.25) is 4.79 Å². The van der Waals surface area contributed by atoms with Gasteiger partial charge in [-0.1, -0.05) is 0 Å². The number of allylic oxidation sites excluding steroid dienone is 1. The Kier molecular flexibility index (Phi) is 5.81. The zero-order valence-corrected chi connectivity index (χ0v) is 7.48. The molecule has 0 radical (unpaired) electrons. The summed E-state index contributed by atoms with van der Waals surface area (Å²) >= 11 is 0. The quantitative estimate of drug-likeness (QED) is 0.285. The number of hydrogen-bond acceptors (Lipinski definition) is 5. The molecule has 5 heteroatoms. The number of carbonyl (C=O) groups excluding carboxylic acids is 1. The molecule has 0 heterocycles. The van der Waals surface area contributed by atoms with Crippen molar-refractivity contribution in [3.8, 4) is 0 Å². The van der Waals surface area contributed by atoms with E-state index in [2.05, 4.69) is 16.0 Å². The number of rotatable bonds is 6. The fraction of sp³-hybridized carbons (Fsp3) is 0.571. The lowest BCUT2D eigenvalue weighted by Gasteiger charge is -2.11. The molecule has 0 fully saturated rings. The maximum atomic E-state index is 10.5. The van der Waals surface area contributed by atoms with Gasteiger partial charge in [0, 0.05) is 27.2 Å². The molecule has 0 aliphatic carbocycles. The first-order chi connectivity index (χ1) is 5.79. The Morgan fingerprint density at radius 3 is 2.33 bits per heavy atom. The molecular weight excluding hydrogens is 156 g/mol. The molecular formula is C7H16N4O. The SMILES string of the molecule is CNC(NC)=C(C=O)NCCN. The Morgan fingerprint density at radius 2 is 2.00 bits per heavy atom. The third-order valence-corrected chi connectivity index (χ3v) is 1.35. The van der Waals surface area contributed by atoms with Gasteiger partial charge in [-0.15, -0.1) is 0 Å². The first-order valence-corrected chi connectivity index (χ1v) is 3.79. The Morgan fingerprint density at radius 1 is 1.42 bits per heavy atom. The van der Waals surface area contributed by atoms with E-state index in [1.807, 2.05) is 0 Å². The van der Waals surface area contributed by atoms with Crippen molar-refractivity contribution in [2.45, 2.75) is 0 Å². The van der Waals surface area contributed by atoms with E-state index in [9.17, 15) is 4.79 Å². The van der Waals surface area contributed by atoms with Gasteiger partial charge < -0.3 is 21.7 Å². The molecule has 0 aromatic carbocycles. The van der Waals surface area contributed by atoms with E-state index in [0.717, 1.165) is 6.29 Å². The Balaban J connectivity index is 4.24. The van der Waals surface area contributed by atoms with Crippen LogP contribution in [-0.2, 0) is 4.79 Å². The smallest absolute Gasteiger partial charge is 0.169 e. The van der Waals surface area contributed by atoms with E-state index in [-0.39, 0.29) is 0 Å². The molecule has 0 spiro atoms. The number of carbonyl (C=O) groups is 1. The lowest BCUT2D eigenvalue weighted by molar-refractivity contribution is -0.105. The standard InChI is InChI=1S/C7H16N4O/c1-9-7(10-2)6(5-12)11-4-3-8/h5,9-11H,3-4,8H2,1-2H3. The van der Waals surface area contributed by atoms with Gasteiger partial charge in [-0.2, -0.15) is 0 Å². The molecule has 0 atom stereocenters. The predicted octanol–water partition coefficient (Wildman–Crippen LogP) is -1.66. The van der Waals surface area contributed by atoms with Crippen molar-refractivity contribution in [3.63, 3.8) is 0 Å². The normalized spacial score (nSPS) is 8.58. The third-order valence-electron chi connectivity index (χ3n) is 1.35. The van der Waals surface area contributed by atoms with Crippen LogP contribution in [0.5, 0.6) is 0 Å². The molecule has 0 aromatic heterocycles. The highest BCUT2D eigenvalue weighted by molar-refractivity contribution is 5.73. The summed E-state index contributed by atoms with van der Waals surface area (Å²) in [4.78, 5) is 10.5. The van der Waals surface area contributed by atoms with Crippen molar-refractivity contribution in [2.24, 2.45) is 5.73 Å². The largest absolute Gasteiger partial charge is 0.378 e. The average molecular weight is 172 g/mol. The van der Waals surface area contributed by atoms with Crippen molar-refractivity contribution < 1.29 is 4.79 Å². The molecule has 5 nitrogen and oxygen atoms in total. The summed E-state index contributed by atoms with van der Waals surface area (Å²) < 4.78 is 0. The molecule has 0 aliphatic heterocycles. The Labute approximate surface area is 72.4 Å². The van der Waals surface area contributed by atoms with Gasteiger partial charge in [0.2, 0.25) is 0 Å². The minimum atomic E-state index is 0.491. The van der Waals surface area contributed by atoms with Gasteiger partial charge in [0.05, 0.1) is 0 Å². The molecule has 0 saturated carbocycles. The molecule has 0 aromatic rings. The summed E-state index contributed by atoms with van der Waals surface area (Å²) in [7, 11) is 3.47. The Bertz CT molecular complexity index is 161. The molecule has 0 amide bonds. The van der Waals surface area contributed by atoms with Crippen LogP contribution in [0.2, 0.25) is 0 Å². The summed E-state index contributed by atoms with van der Waals surface area (Å²) in [6.45, 7) is 1.08. The second kappa shape index (κ2) is 6.48. The van der Waals surface area contributed by atoms with Gasteiger partial charge in [0.1, 0.15) is 11.5 Å². The topological polar surface area (TPSA) is 79.2 Å². The summed E-state index contributed by atoms with van der Waals surface area (Å²) in [5.41, 5.74) is 5.76. The molecule has 70 valence electrons. The number of nitrogens with two attached hydrogens (primary N) is 1. The molecule has 5 N–H and O–H groups in total. The minimum Gasteiger partial charge on any atom is -0.378 e. The fourth-order valence-corrected chi connectivity index (χ4v) is 0.790. The third kappa shape index (κ3) is 3.25. The first kappa shape index (κ1) is 10.8. The van der Waals surface area contributed by atoms with Crippen molar-refractivity contribution in [1.29, 1.82) is 0 Å². The molecule has 12 heavy (non-hydrogen) atoms. The van der Waals surface area contributed by atoms with Gasteiger partial charge in [0.15, 0.2) is 6.29 Å². The van der Waals surface area contributed by atoms with Crippen LogP contribution in [0.15, 0.2) is 11.5 Å². The van der Waals surface area contributed by atoms with Crippen molar-refractivity contribution in [3.05, 3.63) is 11.5 Å². The highest BCUT2D eigenvalue weighted by atomic mass is 16.1. The van der Waals surface area contributed by atoms with E-state index in [4.69, 9.17) is 5.73 Å². The highest BCUT2D eigenvalue weighted by Crippen LogP contribution is 1.87. The van der Waals surface area contributed by atoms with Crippen LogP contribution in [0.25, 0.3) is 0 Å². The number of hydrogen-bond donors (Lipinski definition) is 4. The van der Waals surface area contributed by atoms with E-state index in [1.54, 1.807) is 14.1 Å². The summed E-state index contributed by atoms with van der Waals surface area (Å²) in [5, 5.41) is 8.57. The predicted molar refractivity (Wildman–Crippen MR) is 48.3 cm³/mol. The maximum Gasteiger partial charge on any atom is 0.169 e. The van der Waals surface area contributed by atoms with Crippen molar-refractivity contribution in [2.75, 3.05) is 27.2 Å². The van der Waals surface area contributed by atoms with Crippen LogP contribution in [0.4, 0.5) is 0 Å². The van der Waals surface area contributed by atoms with E-state index < -0.39 is 0 Å². The number of aldehydes is 1. The molecule has 0 saturated heterocycles. The van der Waals surface area contributed by atoms with Crippen molar-refractivity contribution in [1.82, 2.24) is 16.0 Å². The first-order valence-electron chi connectivity index (χ1n) is 3.79. The maximum absolute atomic E-state index is 10.5. The fourth-order valence-electron chi connectivity index (χ4n) is 0.790. The van der Waals surface area contributed by atoms with Gasteiger partial charge in [0.25, 0.3) is 0 Å². The summed E-state index contributed by atoms with van der Waals surface area (Å²) in [6, 6.07) is 0. The summed E-state index contributed by atoms with van der Waals surface area (Å²) in [6.07, 6.45) is 0.748. The van der Waals surface area contributed by atoms with Crippen LogP contribution >= 0.6 is 0 Å². The van der Waals surface area contributed by atoms with E-state index >= 15 is 0 Å². The zero-order valence-electron chi connectivity index (χ0n) is 7.48. The second-order valence-electron chi connectivity index (χ2n) is 2.12. The zero-order chi connectivity index (χ0) is 9.40. The van der Waals surface area contributed by atoms with E-state index in [0.29, 0.717) is 24.6 Å². The van der Waals surface area contributed by atoms with Crippen LogP contribution in [0, 0.1) is 0 Å². The van der Waals surface area contributed by atoms with Crippen LogP contribution < -0.4 is 21.7 Å². The van der Waals surface area contributed by atoms with Crippen LogP contribution in [-0.4, -0.2) is 33.5 Å². The minimum absolute atomic E-state index is 0.491. The lowest BCUT2D eigenvalue weighted by atomic mass is 10.4. The molecule has 0 rings (SSSR count). The van der Waals surface area contributed by atoms with Crippen LogP contribution in [0.1, 0.15) is 0 Å². The highest BCUT2D eigenvalue weighted by Gasteiger charge is 2.00. The van der Waals surface area contributed by atoms with Gasteiger partial charge >= 0.3 is 0 Å².